The summed E-state index contributed by atoms with van der Waals surface area (Å²) in [7, 11) is 0. The normalized spacial score (nSPS) is 10.8. The van der Waals surface area contributed by atoms with Gasteiger partial charge < -0.3 is 9.88 Å². The van der Waals surface area contributed by atoms with Crippen LogP contribution in [0.5, 0.6) is 0 Å². The van der Waals surface area contributed by atoms with E-state index < -0.39 is 0 Å². The molecule has 4 nitrogen and oxygen atoms in total. The lowest BCUT2D eigenvalue weighted by Crippen LogP contribution is -2.25. The summed E-state index contributed by atoms with van der Waals surface area (Å²) in [5.74, 6) is 0.115. The summed E-state index contributed by atoms with van der Waals surface area (Å²) >= 11 is 0. The van der Waals surface area contributed by atoms with E-state index in [1.54, 1.807) is 0 Å². The average molecular weight is 307 g/mol. The second kappa shape index (κ2) is 7.58. The molecule has 0 aliphatic rings. The van der Waals surface area contributed by atoms with Crippen LogP contribution in [0.3, 0.4) is 0 Å². The molecule has 4 heteroatoms. The fourth-order valence-electron chi connectivity index (χ4n) is 2.67. The van der Waals surface area contributed by atoms with Crippen LogP contribution >= 0.6 is 0 Å². The number of hydrogen-bond donors (Lipinski definition) is 1. The quantitative estimate of drug-likeness (QED) is 0.682. The summed E-state index contributed by atoms with van der Waals surface area (Å²) in [6.07, 6.45) is 6.09. The van der Waals surface area contributed by atoms with Gasteiger partial charge in [-0.3, -0.25) is 4.79 Å². The fraction of sp³-hybridized carbons (Fsp3) is 0.263. The van der Waals surface area contributed by atoms with E-state index in [-0.39, 0.29) is 5.91 Å². The summed E-state index contributed by atoms with van der Waals surface area (Å²) in [6.45, 7) is 1.56. The molecule has 0 aliphatic carbocycles. The van der Waals surface area contributed by atoms with E-state index >= 15 is 0 Å². The number of nitrogens with zero attached hydrogens (tertiary/aromatic N) is 2. The Labute approximate surface area is 136 Å². The first-order valence-corrected chi connectivity index (χ1v) is 8.03. The molecule has 23 heavy (non-hydrogen) atoms. The monoisotopic (exact) mass is 307 g/mol. The molecule has 0 fully saturated rings. The van der Waals surface area contributed by atoms with Crippen molar-refractivity contribution in [3.63, 3.8) is 0 Å². The number of amides is 1. The minimum absolute atomic E-state index is 0.115. The van der Waals surface area contributed by atoms with Gasteiger partial charge in [0.05, 0.1) is 0 Å². The van der Waals surface area contributed by atoms with Crippen molar-refractivity contribution in [1.29, 1.82) is 0 Å². The Morgan fingerprint density at radius 3 is 2.83 bits per heavy atom. The Hall–Kier alpha value is -2.62. The number of fused-ring (bicyclic) bond motifs is 1. The number of benzene rings is 1. The predicted octanol–water partition coefficient (Wildman–Crippen LogP) is 3.18. The highest BCUT2D eigenvalue weighted by Gasteiger charge is 2.03. The van der Waals surface area contributed by atoms with Gasteiger partial charge in [0, 0.05) is 37.3 Å². The third-order valence-electron chi connectivity index (χ3n) is 3.90. The van der Waals surface area contributed by atoms with Crippen LogP contribution in [0.15, 0.2) is 60.9 Å². The lowest BCUT2D eigenvalue weighted by atomic mass is 10.1. The largest absolute Gasteiger partial charge is 0.356 e. The molecule has 0 saturated carbocycles. The molecule has 1 N–H and O–H groups in total. The number of hydrogen-bond acceptors (Lipinski definition) is 2. The molecule has 1 aromatic carbocycles. The number of aromatic nitrogens is 2. The minimum Gasteiger partial charge on any atom is -0.356 e. The summed E-state index contributed by atoms with van der Waals surface area (Å²) in [5.41, 5.74) is 2.20. The van der Waals surface area contributed by atoms with Gasteiger partial charge >= 0.3 is 0 Å². The van der Waals surface area contributed by atoms with Crippen LogP contribution in [-0.2, 0) is 17.8 Å². The van der Waals surface area contributed by atoms with Crippen molar-refractivity contribution in [3.8, 4) is 0 Å². The third-order valence-corrected chi connectivity index (χ3v) is 3.90. The van der Waals surface area contributed by atoms with Crippen molar-refractivity contribution in [2.24, 2.45) is 0 Å². The van der Waals surface area contributed by atoms with Crippen molar-refractivity contribution in [2.75, 3.05) is 6.54 Å². The van der Waals surface area contributed by atoms with Gasteiger partial charge in [0.15, 0.2) is 0 Å². The molecule has 1 amide bonds. The SMILES string of the molecule is O=C(CCc1ccccc1)NCCCn1ccc2cccnc21. The van der Waals surface area contributed by atoms with E-state index in [4.69, 9.17) is 0 Å². The maximum Gasteiger partial charge on any atom is 0.220 e. The van der Waals surface area contributed by atoms with Gasteiger partial charge in [0.25, 0.3) is 0 Å². The van der Waals surface area contributed by atoms with Crippen molar-refractivity contribution in [1.82, 2.24) is 14.9 Å². The molecule has 2 aromatic heterocycles. The number of carbonyl (C=O) groups excluding carboxylic acids is 1. The molecule has 0 radical (unpaired) electrons. The van der Waals surface area contributed by atoms with E-state index in [1.165, 1.54) is 5.56 Å². The zero-order valence-electron chi connectivity index (χ0n) is 13.1. The number of aryl methyl sites for hydroxylation is 2. The van der Waals surface area contributed by atoms with Crippen LogP contribution in [0.1, 0.15) is 18.4 Å². The zero-order chi connectivity index (χ0) is 15.9. The smallest absolute Gasteiger partial charge is 0.220 e. The van der Waals surface area contributed by atoms with Crippen LogP contribution < -0.4 is 5.32 Å². The second-order valence-electron chi connectivity index (χ2n) is 5.61. The fourth-order valence-corrected chi connectivity index (χ4v) is 2.67. The standard InChI is InChI=1S/C19H21N3O/c23-18(10-9-16-6-2-1-3-7-16)20-13-5-14-22-15-11-17-8-4-12-21-19(17)22/h1-4,6-8,11-12,15H,5,9-10,13-14H2,(H,20,23). The van der Waals surface area contributed by atoms with Gasteiger partial charge in [-0.05, 0) is 36.6 Å². The predicted molar refractivity (Wildman–Crippen MR) is 92.1 cm³/mol. The van der Waals surface area contributed by atoms with E-state index in [1.807, 2.05) is 30.5 Å². The van der Waals surface area contributed by atoms with Crippen molar-refractivity contribution >= 4 is 16.9 Å². The van der Waals surface area contributed by atoms with E-state index in [9.17, 15) is 4.79 Å². The second-order valence-corrected chi connectivity index (χ2v) is 5.61. The molecule has 118 valence electrons. The average Bonchev–Trinajstić information content (AvgIpc) is 3.01. The molecule has 0 atom stereocenters. The molecule has 3 aromatic rings. The van der Waals surface area contributed by atoms with Crippen molar-refractivity contribution < 1.29 is 4.79 Å². The number of pyridine rings is 1. The van der Waals surface area contributed by atoms with Crippen LogP contribution in [-0.4, -0.2) is 22.0 Å². The van der Waals surface area contributed by atoms with Crippen LogP contribution in [0, 0.1) is 0 Å². The number of carbonyl (C=O) groups is 1. The van der Waals surface area contributed by atoms with E-state index in [0.717, 1.165) is 30.4 Å². The van der Waals surface area contributed by atoms with E-state index in [0.29, 0.717) is 13.0 Å². The highest BCUT2D eigenvalue weighted by Crippen LogP contribution is 2.12. The van der Waals surface area contributed by atoms with E-state index in [2.05, 4.69) is 45.3 Å². The molecule has 3 rings (SSSR count). The molecule has 2 heterocycles. The molecule has 0 saturated heterocycles. The molecule has 0 spiro atoms. The van der Waals surface area contributed by atoms with Crippen molar-refractivity contribution in [3.05, 3.63) is 66.5 Å². The first-order chi connectivity index (χ1) is 11.3. The summed E-state index contributed by atoms with van der Waals surface area (Å²) in [4.78, 5) is 16.3. The topological polar surface area (TPSA) is 46.9 Å². The Morgan fingerprint density at radius 2 is 1.96 bits per heavy atom. The molecular weight excluding hydrogens is 286 g/mol. The number of rotatable bonds is 7. The summed E-state index contributed by atoms with van der Waals surface area (Å²) < 4.78 is 2.13. The summed E-state index contributed by atoms with van der Waals surface area (Å²) in [5, 5.41) is 4.14. The van der Waals surface area contributed by atoms with Gasteiger partial charge in [-0.25, -0.2) is 4.98 Å². The lowest BCUT2D eigenvalue weighted by molar-refractivity contribution is -0.121. The Balaban J connectivity index is 1.39. The molecule has 0 bridgehead atoms. The summed E-state index contributed by atoms with van der Waals surface area (Å²) in [6, 6.07) is 16.2. The van der Waals surface area contributed by atoms with Gasteiger partial charge in [-0.1, -0.05) is 30.3 Å². The Bertz CT molecular complexity index is 764. The number of nitrogens with one attached hydrogen (secondary N) is 1. The maximum absolute atomic E-state index is 11.9. The molecular formula is C19H21N3O. The van der Waals surface area contributed by atoms with Crippen LogP contribution in [0.4, 0.5) is 0 Å². The maximum atomic E-state index is 11.9. The first kappa shape index (κ1) is 15.3. The van der Waals surface area contributed by atoms with Gasteiger partial charge in [0.2, 0.25) is 5.91 Å². The Kier molecular flexibility index (Phi) is 5.04. The minimum atomic E-state index is 0.115. The molecule has 0 unspecified atom stereocenters. The van der Waals surface area contributed by atoms with Crippen LogP contribution in [0.2, 0.25) is 0 Å². The highest BCUT2D eigenvalue weighted by atomic mass is 16.1. The third kappa shape index (κ3) is 4.19. The molecule has 0 aliphatic heterocycles. The first-order valence-electron chi connectivity index (χ1n) is 8.03. The lowest BCUT2D eigenvalue weighted by Gasteiger charge is -2.07. The van der Waals surface area contributed by atoms with Crippen LogP contribution in [0.25, 0.3) is 11.0 Å². The zero-order valence-corrected chi connectivity index (χ0v) is 13.1. The van der Waals surface area contributed by atoms with Gasteiger partial charge in [-0.15, -0.1) is 0 Å². The van der Waals surface area contributed by atoms with Crippen molar-refractivity contribution in [2.45, 2.75) is 25.8 Å². The van der Waals surface area contributed by atoms with Gasteiger partial charge in [-0.2, -0.15) is 0 Å². The highest BCUT2D eigenvalue weighted by molar-refractivity contribution is 5.76. The van der Waals surface area contributed by atoms with Gasteiger partial charge in [0.1, 0.15) is 5.65 Å². The Morgan fingerprint density at radius 1 is 1.09 bits per heavy atom.